The Labute approximate surface area is 246 Å². The van der Waals surface area contributed by atoms with E-state index in [0.717, 1.165) is 45.3 Å². The topological polar surface area (TPSA) is 68.3 Å². The first kappa shape index (κ1) is 28.6. The molecule has 0 bridgehead atoms. The minimum atomic E-state index is -0.511. The van der Waals surface area contributed by atoms with E-state index < -0.39 is 5.97 Å². The van der Waals surface area contributed by atoms with E-state index in [1.54, 1.807) is 0 Å². The molecule has 1 aliphatic rings. The van der Waals surface area contributed by atoms with Crippen molar-refractivity contribution in [2.75, 3.05) is 6.61 Å². The van der Waals surface area contributed by atoms with E-state index >= 15 is 0 Å². The van der Waals surface area contributed by atoms with Crippen LogP contribution in [-0.2, 0) is 16.0 Å². The lowest BCUT2D eigenvalue weighted by Crippen LogP contribution is -2.32. The number of pyridine rings is 1. The average Bonchev–Trinajstić information content (AvgIpc) is 2.96. The van der Waals surface area contributed by atoms with Gasteiger partial charge in [-0.15, -0.1) is 0 Å². The molecule has 1 amide bonds. The first-order valence-electron chi connectivity index (χ1n) is 14.0. The summed E-state index contributed by atoms with van der Waals surface area (Å²) >= 11 is 6.14. The molecule has 1 N–H and O–H groups in total. The summed E-state index contributed by atoms with van der Waals surface area (Å²) < 4.78 is 5.68. The molecule has 2 atom stereocenters. The number of ether oxygens (including phenoxy) is 1. The minimum absolute atomic E-state index is 0.00292. The summed E-state index contributed by atoms with van der Waals surface area (Å²) in [6.45, 7) is 8.23. The number of fused-ring (bicyclic) bond motifs is 2. The van der Waals surface area contributed by atoms with E-state index in [1.807, 2.05) is 85.8 Å². The lowest BCUT2D eigenvalue weighted by atomic mass is 9.69. The van der Waals surface area contributed by atoms with Gasteiger partial charge in [-0.1, -0.05) is 93.0 Å². The fourth-order valence-electron chi connectivity index (χ4n) is 5.44. The summed E-state index contributed by atoms with van der Waals surface area (Å²) in [7, 11) is 0. The number of benzene rings is 3. The number of allylic oxidation sites excluding steroid dienone is 1. The van der Waals surface area contributed by atoms with Crippen LogP contribution in [0.2, 0.25) is 5.02 Å². The summed E-state index contributed by atoms with van der Waals surface area (Å²) in [4.78, 5) is 31.6. The number of nitrogens with one attached hydrogen (secondary N) is 1. The third-order valence-corrected chi connectivity index (χ3v) is 8.12. The molecule has 6 heteroatoms. The number of hydrogen-bond acceptors (Lipinski definition) is 4. The Morgan fingerprint density at radius 2 is 1.68 bits per heavy atom. The van der Waals surface area contributed by atoms with Gasteiger partial charge in [0.05, 0.1) is 22.8 Å². The number of nitrogens with zero attached hydrogens (tertiary/aromatic N) is 1. The Hall–Kier alpha value is -3.96. The van der Waals surface area contributed by atoms with Crippen LogP contribution < -0.4 is 5.32 Å². The van der Waals surface area contributed by atoms with E-state index in [4.69, 9.17) is 21.3 Å². The molecule has 4 aromatic rings. The van der Waals surface area contributed by atoms with Gasteiger partial charge in [-0.05, 0) is 77.6 Å². The summed E-state index contributed by atoms with van der Waals surface area (Å²) in [5.74, 6) is -0.585. The van der Waals surface area contributed by atoms with Crippen LogP contribution in [0.3, 0.4) is 0 Å². The molecule has 1 heterocycles. The van der Waals surface area contributed by atoms with Crippen molar-refractivity contribution in [3.05, 3.63) is 112 Å². The molecule has 3 aromatic carbocycles. The highest BCUT2D eigenvalue weighted by molar-refractivity contribution is 6.30. The van der Waals surface area contributed by atoms with E-state index in [0.29, 0.717) is 17.0 Å². The summed E-state index contributed by atoms with van der Waals surface area (Å²) in [6.07, 6.45) is 3.66. The van der Waals surface area contributed by atoms with Crippen LogP contribution in [0.25, 0.3) is 22.6 Å². The molecule has 0 unspecified atom stereocenters. The molecule has 1 aromatic heterocycles. The standard InChI is InChI=1S/C35H35ClN2O3/c1-22(24-10-6-5-7-11-24)37-31(39)21-41-34(40)32-28-12-8-9-13-30(28)38-33-25(18-23-14-16-27(36)17-15-23)19-26(20-29(32)33)35(2,3)4/h5-18,22,26H,19-21H2,1-4H3,(H,37,39)/b25-18-/t22-,26-/m1/s1. The number of carbonyl (C=O) groups excluding carboxylic acids is 2. The normalized spacial score (nSPS) is 16.7. The maximum absolute atomic E-state index is 13.8. The molecule has 210 valence electrons. The Balaban J connectivity index is 1.51. The number of hydrogen-bond donors (Lipinski definition) is 1. The van der Waals surface area contributed by atoms with E-state index in [-0.39, 0.29) is 29.9 Å². The van der Waals surface area contributed by atoms with E-state index in [1.165, 1.54) is 0 Å². The highest BCUT2D eigenvalue weighted by Gasteiger charge is 2.35. The second-order valence-electron chi connectivity index (χ2n) is 11.8. The largest absolute Gasteiger partial charge is 0.452 e. The first-order chi connectivity index (χ1) is 19.6. The molecule has 0 spiro atoms. The smallest absolute Gasteiger partial charge is 0.339 e. The first-order valence-corrected chi connectivity index (χ1v) is 14.4. The maximum Gasteiger partial charge on any atom is 0.339 e. The lowest BCUT2D eigenvalue weighted by Gasteiger charge is -2.36. The van der Waals surface area contributed by atoms with Crippen molar-refractivity contribution in [2.24, 2.45) is 11.3 Å². The summed E-state index contributed by atoms with van der Waals surface area (Å²) in [5, 5.41) is 4.33. The number of aromatic nitrogens is 1. The van der Waals surface area contributed by atoms with Gasteiger partial charge in [-0.2, -0.15) is 0 Å². The molecule has 0 fully saturated rings. The predicted octanol–water partition coefficient (Wildman–Crippen LogP) is 8.07. The van der Waals surface area contributed by atoms with Crippen LogP contribution in [0.1, 0.15) is 72.9 Å². The van der Waals surface area contributed by atoms with Crippen molar-refractivity contribution in [2.45, 2.75) is 46.6 Å². The molecule has 0 saturated heterocycles. The van der Waals surface area contributed by atoms with Crippen LogP contribution in [-0.4, -0.2) is 23.5 Å². The van der Waals surface area contributed by atoms with E-state index in [2.05, 4.69) is 32.2 Å². The van der Waals surface area contributed by atoms with Gasteiger partial charge in [0.2, 0.25) is 0 Å². The van der Waals surface area contributed by atoms with E-state index in [9.17, 15) is 9.59 Å². The van der Waals surface area contributed by atoms with Crippen LogP contribution in [0, 0.1) is 11.3 Å². The molecule has 0 radical (unpaired) electrons. The maximum atomic E-state index is 13.8. The van der Waals surface area contributed by atoms with Gasteiger partial charge in [-0.25, -0.2) is 9.78 Å². The number of rotatable bonds is 6. The molecule has 0 aliphatic heterocycles. The molecule has 0 saturated carbocycles. The molecule has 5 nitrogen and oxygen atoms in total. The zero-order chi connectivity index (χ0) is 29.1. The number of esters is 1. The van der Waals surface area contributed by atoms with Crippen molar-refractivity contribution in [3.63, 3.8) is 0 Å². The fraction of sp³-hybridized carbons (Fsp3) is 0.286. The molecule has 41 heavy (non-hydrogen) atoms. The van der Waals surface area contributed by atoms with Crippen molar-refractivity contribution in [3.8, 4) is 0 Å². The van der Waals surface area contributed by atoms with Gasteiger partial charge >= 0.3 is 5.97 Å². The minimum Gasteiger partial charge on any atom is -0.452 e. The SMILES string of the molecule is C[C@@H](NC(=O)COC(=O)c1c2c(nc3ccccc13)/C(=C\c1ccc(Cl)cc1)C[C@@H](C(C)(C)C)C2)c1ccccc1. The Morgan fingerprint density at radius 3 is 2.39 bits per heavy atom. The third kappa shape index (κ3) is 6.52. The van der Waals surface area contributed by atoms with Crippen molar-refractivity contribution in [1.29, 1.82) is 0 Å². The Kier molecular flexibility index (Phi) is 8.27. The van der Waals surface area contributed by atoms with Gasteiger partial charge < -0.3 is 10.1 Å². The molecule has 5 rings (SSSR count). The Morgan fingerprint density at radius 1 is 1.00 bits per heavy atom. The second-order valence-corrected chi connectivity index (χ2v) is 12.2. The number of para-hydroxylation sites is 1. The van der Waals surface area contributed by atoms with Crippen LogP contribution in [0.4, 0.5) is 0 Å². The zero-order valence-corrected chi connectivity index (χ0v) is 24.7. The highest BCUT2D eigenvalue weighted by Crippen LogP contribution is 2.45. The second kappa shape index (κ2) is 11.9. The Bertz CT molecular complexity index is 1600. The average molecular weight is 567 g/mol. The van der Waals surface area contributed by atoms with Gasteiger partial charge in [-0.3, -0.25) is 4.79 Å². The predicted molar refractivity (Wildman–Crippen MR) is 166 cm³/mol. The molecule has 1 aliphatic carbocycles. The highest BCUT2D eigenvalue weighted by atomic mass is 35.5. The van der Waals surface area contributed by atoms with Gasteiger partial charge in [0, 0.05) is 10.4 Å². The van der Waals surface area contributed by atoms with Gasteiger partial charge in [0.25, 0.3) is 5.91 Å². The van der Waals surface area contributed by atoms with Crippen molar-refractivity contribution < 1.29 is 14.3 Å². The molecular weight excluding hydrogens is 532 g/mol. The molecular formula is C35H35ClN2O3. The van der Waals surface area contributed by atoms with Crippen LogP contribution in [0.15, 0.2) is 78.9 Å². The van der Waals surface area contributed by atoms with Crippen molar-refractivity contribution in [1.82, 2.24) is 10.3 Å². The summed E-state index contributed by atoms with van der Waals surface area (Å²) in [6, 6.07) is 24.8. The van der Waals surface area contributed by atoms with Crippen LogP contribution >= 0.6 is 11.6 Å². The summed E-state index contributed by atoms with van der Waals surface area (Å²) in [5.41, 5.74) is 5.97. The number of amides is 1. The van der Waals surface area contributed by atoms with Crippen molar-refractivity contribution >= 4 is 46.0 Å². The van der Waals surface area contributed by atoms with Crippen LogP contribution in [0.5, 0.6) is 0 Å². The third-order valence-electron chi connectivity index (χ3n) is 7.87. The quantitative estimate of drug-likeness (QED) is 0.240. The van der Waals surface area contributed by atoms with Gasteiger partial charge in [0.15, 0.2) is 6.61 Å². The zero-order valence-electron chi connectivity index (χ0n) is 23.9. The number of halogens is 1. The number of carbonyl (C=O) groups is 2. The monoisotopic (exact) mass is 566 g/mol. The van der Waals surface area contributed by atoms with Gasteiger partial charge in [0.1, 0.15) is 0 Å². The lowest BCUT2D eigenvalue weighted by molar-refractivity contribution is -0.124. The fourth-order valence-corrected chi connectivity index (χ4v) is 5.57.